The van der Waals surface area contributed by atoms with Crippen LogP contribution in [0.1, 0.15) is 18.9 Å². The Bertz CT molecular complexity index is 871. The lowest BCUT2D eigenvalue weighted by Gasteiger charge is -2.25. The van der Waals surface area contributed by atoms with Gasteiger partial charge in [0.15, 0.2) is 6.61 Å². The number of nitro groups is 1. The zero-order valence-corrected chi connectivity index (χ0v) is 15.4. The Balaban J connectivity index is 1.53. The molecule has 0 spiro atoms. The van der Waals surface area contributed by atoms with Crippen LogP contribution in [0.15, 0.2) is 54.6 Å². The van der Waals surface area contributed by atoms with E-state index in [1.807, 2.05) is 37.3 Å². The van der Waals surface area contributed by atoms with Crippen LogP contribution < -0.4 is 10.1 Å². The number of ether oxygens (including phenoxy) is 1. The predicted octanol–water partition coefficient (Wildman–Crippen LogP) is 2.28. The van der Waals surface area contributed by atoms with Gasteiger partial charge in [0.25, 0.3) is 11.6 Å². The van der Waals surface area contributed by atoms with Gasteiger partial charge in [-0.15, -0.1) is 0 Å². The molecule has 8 heteroatoms. The minimum absolute atomic E-state index is 0.0127. The van der Waals surface area contributed by atoms with Crippen LogP contribution in [0.5, 0.6) is 5.75 Å². The first-order chi connectivity index (χ1) is 13.4. The Morgan fingerprint density at radius 3 is 2.71 bits per heavy atom. The molecule has 1 aliphatic rings. The van der Waals surface area contributed by atoms with Crippen LogP contribution in [-0.2, 0) is 16.1 Å². The summed E-state index contributed by atoms with van der Waals surface area (Å²) < 4.78 is 5.34. The number of hydrogen-bond acceptors (Lipinski definition) is 5. The first-order valence-electron chi connectivity index (χ1n) is 8.94. The van der Waals surface area contributed by atoms with Crippen LogP contribution in [0.25, 0.3) is 0 Å². The molecule has 0 radical (unpaired) electrons. The molecule has 2 aromatic carbocycles. The largest absolute Gasteiger partial charge is 0.484 e. The molecule has 2 atom stereocenters. The normalized spacial score (nSPS) is 18.8. The third kappa shape index (κ3) is 4.64. The summed E-state index contributed by atoms with van der Waals surface area (Å²) in [5, 5.41) is 13.6. The van der Waals surface area contributed by atoms with E-state index in [0.29, 0.717) is 6.54 Å². The number of carbonyl (C=O) groups is 2. The summed E-state index contributed by atoms with van der Waals surface area (Å²) in [7, 11) is 0. The molecule has 0 aliphatic carbocycles. The standard InChI is InChI=1S/C20H21N3O5/c1-14-18(11-20(25)22(14)12-15-6-3-2-4-7-15)21-19(24)13-28-17-9-5-8-16(10-17)23(26)27/h2-10,14,18H,11-13H2,1H3,(H,21,24)/t14-,18-/m1/s1. The van der Waals surface area contributed by atoms with Crippen LogP contribution in [-0.4, -0.2) is 40.3 Å². The van der Waals surface area contributed by atoms with Crippen molar-refractivity contribution in [2.45, 2.75) is 32.0 Å². The van der Waals surface area contributed by atoms with Gasteiger partial charge < -0.3 is 15.0 Å². The van der Waals surface area contributed by atoms with Crippen molar-refractivity contribution < 1.29 is 19.2 Å². The highest BCUT2D eigenvalue weighted by Crippen LogP contribution is 2.22. The lowest BCUT2D eigenvalue weighted by atomic mass is 10.1. The SMILES string of the molecule is C[C@@H]1[C@H](NC(=O)COc2cccc([N+](=O)[O-])c2)CC(=O)N1Cc1ccccc1. The van der Waals surface area contributed by atoms with Crippen LogP contribution >= 0.6 is 0 Å². The van der Waals surface area contributed by atoms with E-state index in [4.69, 9.17) is 4.74 Å². The lowest BCUT2D eigenvalue weighted by Crippen LogP contribution is -2.44. The van der Waals surface area contributed by atoms with Gasteiger partial charge in [-0.25, -0.2) is 0 Å². The van der Waals surface area contributed by atoms with Gasteiger partial charge in [-0.3, -0.25) is 19.7 Å². The average molecular weight is 383 g/mol. The van der Waals surface area contributed by atoms with Gasteiger partial charge in [0.05, 0.1) is 17.0 Å². The van der Waals surface area contributed by atoms with E-state index in [1.165, 1.54) is 18.2 Å². The molecule has 3 rings (SSSR count). The highest BCUT2D eigenvalue weighted by Gasteiger charge is 2.37. The molecule has 0 aromatic heterocycles. The molecule has 2 aromatic rings. The average Bonchev–Trinajstić information content (AvgIpc) is 2.95. The van der Waals surface area contributed by atoms with E-state index in [-0.39, 0.29) is 48.4 Å². The number of nitro benzene ring substituents is 1. The second-order valence-corrected chi connectivity index (χ2v) is 6.67. The molecule has 8 nitrogen and oxygen atoms in total. The summed E-state index contributed by atoms with van der Waals surface area (Å²) in [6.07, 6.45) is 0.233. The fourth-order valence-electron chi connectivity index (χ4n) is 3.19. The summed E-state index contributed by atoms with van der Waals surface area (Å²) in [6, 6.07) is 14.9. The number of rotatable bonds is 7. The van der Waals surface area contributed by atoms with Gasteiger partial charge in [0.1, 0.15) is 5.75 Å². The van der Waals surface area contributed by atoms with Gasteiger partial charge in [-0.1, -0.05) is 36.4 Å². The zero-order valence-electron chi connectivity index (χ0n) is 15.4. The lowest BCUT2D eigenvalue weighted by molar-refractivity contribution is -0.384. The smallest absolute Gasteiger partial charge is 0.273 e. The monoisotopic (exact) mass is 383 g/mol. The molecule has 146 valence electrons. The summed E-state index contributed by atoms with van der Waals surface area (Å²) in [5.74, 6) is -0.149. The van der Waals surface area contributed by atoms with Crippen molar-refractivity contribution in [3.63, 3.8) is 0 Å². The number of hydrogen-bond donors (Lipinski definition) is 1. The maximum Gasteiger partial charge on any atom is 0.273 e. The minimum Gasteiger partial charge on any atom is -0.484 e. The topological polar surface area (TPSA) is 102 Å². The fourth-order valence-corrected chi connectivity index (χ4v) is 3.19. The first kappa shape index (κ1) is 19.3. The molecule has 1 saturated heterocycles. The zero-order chi connectivity index (χ0) is 20.1. The van der Waals surface area contributed by atoms with Crippen LogP contribution in [0, 0.1) is 10.1 Å². The van der Waals surface area contributed by atoms with Crippen molar-refractivity contribution in [1.82, 2.24) is 10.2 Å². The van der Waals surface area contributed by atoms with E-state index in [2.05, 4.69) is 5.32 Å². The Morgan fingerprint density at radius 1 is 1.25 bits per heavy atom. The summed E-state index contributed by atoms with van der Waals surface area (Å²) in [5.41, 5.74) is 0.924. The predicted molar refractivity (Wildman–Crippen MR) is 102 cm³/mol. The van der Waals surface area contributed by atoms with Crippen LogP contribution in [0.4, 0.5) is 5.69 Å². The van der Waals surface area contributed by atoms with E-state index in [9.17, 15) is 19.7 Å². The van der Waals surface area contributed by atoms with Crippen molar-refractivity contribution in [2.75, 3.05) is 6.61 Å². The van der Waals surface area contributed by atoms with Gasteiger partial charge in [-0.05, 0) is 18.6 Å². The van der Waals surface area contributed by atoms with Crippen molar-refractivity contribution in [3.05, 3.63) is 70.3 Å². The van der Waals surface area contributed by atoms with E-state index in [0.717, 1.165) is 5.56 Å². The second kappa shape index (κ2) is 8.51. The van der Waals surface area contributed by atoms with Crippen LogP contribution in [0.2, 0.25) is 0 Å². The molecular weight excluding hydrogens is 362 g/mol. The number of amides is 2. The van der Waals surface area contributed by atoms with Crippen molar-refractivity contribution in [1.29, 1.82) is 0 Å². The second-order valence-electron chi connectivity index (χ2n) is 6.67. The molecule has 0 unspecified atom stereocenters. The molecule has 2 amide bonds. The summed E-state index contributed by atoms with van der Waals surface area (Å²) in [6.45, 7) is 2.12. The number of non-ortho nitro benzene ring substituents is 1. The Labute approximate surface area is 162 Å². The van der Waals surface area contributed by atoms with E-state index < -0.39 is 4.92 Å². The number of nitrogens with zero attached hydrogens (tertiary/aromatic N) is 2. The van der Waals surface area contributed by atoms with E-state index >= 15 is 0 Å². The summed E-state index contributed by atoms with van der Waals surface area (Å²) >= 11 is 0. The Hall–Kier alpha value is -3.42. The highest BCUT2D eigenvalue weighted by molar-refractivity contribution is 5.83. The Kier molecular flexibility index (Phi) is 5.88. The molecule has 28 heavy (non-hydrogen) atoms. The van der Waals surface area contributed by atoms with Crippen molar-refractivity contribution in [2.24, 2.45) is 0 Å². The van der Waals surface area contributed by atoms with Gasteiger partial charge >= 0.3 is 0 Å². The molecular formula is C20H21N3O5. The van der Waals surface area contributed by atoms with Crippen molar-refractivity contribution >= 4 is 17.5 Å². The van der Waals surface area contributed by atoms with Gasteiger partial charge in [0.2, 0.25) is 5.91 Å². The first-order valence-corrected chi connectivity index (χ1v) is 8.94. The molecule has 1 aliphatic heterocycles. The van der Waals surface area contributed by atoms with Crippen molar-refractivity contribution in [3.8, 4) is 5.75 Å². The third-order valence-electron chi connectivity index (χ3n) is 4.73. The number of carbonyl (C=O) groups excluding carboxylic acids is 2. The Morgan fingerprint density at radius 2 is 2.00 bits per heavy atom. The molecule has 0 saturated carbocycles. The molecule has 1 N–H and O–H groups in total. The molecule has 0 bridgehead atoms. The fraction of sp³-hybridized carbons (Fsp3) is 0.300. The number of nitrogens with one attached hydrogen (secondary N) is 1. The van der Waals surface area contributed by atoms with E-state index in [1.54, 1.807) is 11.0 Å². The van der Waals surface area contributed by atoms with Gasteiger partial charge in [-0.2, -0.15) is 0 Å². The third-order valence-corrected chi connectivity index (χ3v) is 4.73. The maximum atomic E-state index is 12.3. The van der Waals surface area contributed by atoms with Gasteiger partial charge in [0, 0.05) is 25.1 Å². The number of likely N-dealkylation sites (tertiary alicyclic amines) is 1. The van der Waals surface area contributed by atoms with Crippen LogP contribution in [0.3, 0.4) is 0 Å². The highest BCUT2D eigenvalue weighted by atomic mass is 16.6. The quantitative estimate of drug-likeness (QED) is 0.584. The molecule has 1 fully saturated rings. The minimum atomic E-state index is -0.528. The summed E-state index contributed by atoms with van der Waals surface area (Å²) in [4.78, 5) is 36.6. The maximum absolute atomic E-state index is 12.3. The number of benzene rings is 2. The molecule has 1 heterocycles.